The van der Waals surface area contributed by atoms with Gasteiger partial charge in [-0.05, 0) is 55.7 Å². The van der Waals surface area contributed by atoms with Gasteiger partial charge in [0, 0.05) is 43.4 Å². The van der Waals surface area contributed by atoms with Crippen molar-refractivity contribution >= 4 is 35.4 Å². The molecule has 2 amide bonds. The second kappa shape index (κ2) is 8.85. The number of aromatic amines is 1. The monoisotopic (exact) mass is 435 g/mol. The van der Waals surface area contributed by atoms with Crippen molar-refractivity contribution in [2.24, 2.45) is 0 Å². The maximum absolute atomic E-state index is 12.6. The Morgan fingerprint density at radius 2 is 1.97 bits per heavy atom. The Hall–Kier alpha value is -3.26. The van der Waals surface area contributed by atoms with Crippen molar-refractivity contribution in [1.82, 2.24) is 14.8 Å². The molecule has 0 saturated heterocycles. The number of benzene rings is 2. The zero-order valence-electron chi connectivity index (χ0n) is 17.6. The van der Waals surface area contributed by atoms with Crippen LogP contribution in [0.15, 0.2) is 42.5 Å². The molecule has 31 heavy (non-hydrogen) atoms. The van der Waals surface area contributed by atoms with Gasteiger partial charge in [-0.3, -0.25) is 19.3 Å². The summed E-state index contributed by atoms with van der Waals surface area (Å²) in [5.74, 6) is 0.659. The number of hydrogen-bond acceptors (Lipinski definition) is 4. The third-order valence-electron chi connectivity index (χ3n) is 5.49. The lowest BCUT2D eigenvalue weighted by Gasteiger charge is -2.29. The lowest BCUT2D eigenvalue weighted by atomic mass is 10.0. The smallest absolute Gasteiger partial charge is 0.226 e. The molecule has 0 atom stereocenters. The molecule has 2 heterocycles. The first kappa shape index (κ1) is 21.0. The number of aromatic nitrogens is 3. The van der Waals surface area contributed by atoms with Crippen LogP contribution in [-0.2, 0) is 22.6 Å². The van der Waals surface area contributed by atoms with Gasteiger partial charge in [-0.15, -0.1) is 0 Å². The van der Waals surface area contributed by atoms with Crippen LogP contribution in [0.2, 0.25) is 0 Å². The van der Waals surface area contributed by atoms with E-state index in [2.05, 4.69) is 15.5 Å². The van der Waals surface area contributed by atoms with Crippen LogP contribution < -0.4 is 10.2 Å². The van der Waals surface area contributed by atoms with E-state index in [-0.39, 0.29) is 18.2 Å². The third kappa shape index (κ3) is 4.59. The Bertz CT molecular complexity index is 1180. The predicted molar refractivity (Wildman–Crippen MR) is 124 cm³/mol. The first-order valence-electron chi connectivity index (χ1n) is 10.4. The van der Waals surface area contributed by atoms with E-state index >= 15 is 0 Å². The summed E-state index contributed by atoms with van der Waals surface area (Å²) in [5.41, 5.74) is 4.87. The van der Waals surface area contributed by atoms with Crippen molar-refractivity contribution in [1.29, 1.82) is 0 Å². The van der Waals surface area contributed by atoms with Crippen molar-refractivity contribution in [3.05, 3.63) is 58.4 Å². The number of amides is 2. The molecule has 0 radical (unpaired) electrons. The van der Waals surface area contributed by atoms with E-state index < -0.39 is 0 Å². The average Bonchev–Trinajstić information content (AvgIpc) is 3.12. The molecule has 1 aliphatic rings. The number of hydrogen-bond donors (Lipinski definition) is 2. The highest BCUT2D eigenvalue weighted by molar-refractivity contribution is 7.71. The molecule has 1 aromatic heterocycles. The largest absolute Gasteiger partial charge is 0.326 e. The fourth-order valence-corrected chi connectivity index (χ4v) is 4.11. The van der Waals surface area contributed by atoms with Crippen molar-refractivity contribution in [3.8, 4) is 11.4 Å². The molecule has 0 aliphatic carbocycles. The van der Waals surface area contributed by atoms with Gasteiger partial charge in [-0.25, -0.2) is 0 Å². The number of anilines is 2. The normalized spacial score (nSPS) is 13.0. The number of fused-ring (bicyclic) bond motifs is 1. The third-order valence-corrected chi connectivity index (χ3v) is 5.80. The second-order valence-corrected chi connectivity index (χ2v) is 8.17. The highest BCUT2D eigenvalue weighted by Gasteiger charge is 2.20. The van der Waals surface area contributed by atoms with Gasteiger partial charge in [-0.2, -0.15) is 5.10 Å². The number of nitrogens with zero attached hydrogens (tertiary/aromatic N) is 3. The van der Waals surface area contributed by atoms with Crippen LogP contribution in [0.4, 0.5) is 11.4 Å². The molecule has 4 rings (SSSR count). The van der Waals surface area contributed by atoms with Gasteiger partial charge in [0.25, 0.3) is 0 Å². The topological polar surface area (TPSA) is 83.0 Å². The van der Waals surface area contributed by atoms with Crippen LogP contribution in [0, 0.1) is 11.7 Å². The van der Waals surface area contributed by atoms with Gasteiger partial charge >= 0.3 is 0 Å². The molecule has 2 N–H and O–H groups in total. The first-order chi connectivity index (χ1) is 14.9. The van der Waals surface area contributed by atoms with E-state index in [1.807, 2.05) is 54.0 Å². The summed E-state index contributed by atoms with van der Waals surface area (Å²) in [4.78, 5) is 26.2. The van der Waals surface area contributed by atoms with E-state index in [0.717, 1.165) is 47.7 Å². The van der Waals surface area contributed by atoms with Gasteiger partial charge in [-0.1, -0.05) is 29.8 Å². The van der Waals surface area contributed by atoms with E-state index in [1.165, 1.54) is 5.56 Å². The van der Waals surface area contributed by atoms with Gasteiger partial charge in [0.05, 0.1) is 0 Å². The minimum atomic E-state index is -0.0999. The molecular weight excluding hydrogens is 410 g/mol. The molecule has 0 bridgehead atoms. The molecule has 160 valence electrons. The van der Waals surface area contributed by atoms with E-state index in [4.69, 9.17) is 12.2 Å². The lowest BCUT2D eigenvalue weighted by molar-refractivity contribution is -0.117. The fourth-order valence-electron chi connectivity index (χ4n) is 3.89. The molecular formula is C23H25N5O2S. The summed E-state index contributed by atoms with van der Waals surface area (Å²) in [7, 11) is 0. The predicted octanol–water partition coefficient (Wildman–Crippen LogP) is 4.24. The molecule has 2 aromatic carbocycles. The summed E-state index contributed by atoms with van der Waals surface area (Å²) in [6.07, 6.45) is 2.08. The SMILES string of the molecule is CC(=O)N1CCCc2cc(NC(=O)CCn3c(-c4ccc(C)cc4)n[nH]c3=S)ccc21. The second-order valence-electron chi connectivity index (χ2n) is 7.79. The summed E-state index contributed by atoms with van der Waals surface area (Å²) in [5, 5.41) is 10.1. The Kier molecular flexibility index (Phi) is 5.99. The quantitative estimate of drug-likeness (QED) is 0.587. The van der Waals surface area contributed by atoms with E-state index in [1.54, 1.807) is 11.8 Å². The van der Waals surface area contributed by atoms with Crippen molar-refractivity contribution in [2.45, 2.75) is 39.7 Å². The molecule has 0 saturated carbocycles. The highest BCUT2D eigenvalue weighted by Crippen LogP contribution is 2.30. The molecule has 3 aromatic rings. The summed E-state index contributed by atoms with van der Waals surface area (Å²) in [6, 6.07) is 13.7. The number of nitrogens with one attached hydrogen (secondary N) is 2. The maximum Gasteiger partial charge on any atom is 0.226 e. The summed E-state index contributed by atoms with van der Waals surface area (Å²) in [6.45, 7) is 4.77. The van der Waals surface area contributed by atoms with E-state index in [0.29, 0.717) is 11.3 Å². The number of H-pyrrole nitrogens is 1. The van der Waals surface area contributed by atoms with Gasteiger partial charge in [0.15, 0.2) is 10.6 Å². The fraction of sp³-hybridized carbons (Fsp3) is 0.304. The molecule has 0 fully saturated rings. The van der Waals surface area contributed by atoms with Crippen LogP contribution in [0.5, 0.6) is 0 Å². The Morgan fingerprint density at radius 1 is 1.19 bits per heavy atom. The van der Waals surface area contributed by atoms with Crippen molar-refractivity contribution in [3.63, 3.8) is 0 Å². The van der Waals surface area contributed by atoms with E-state index in [9.17, 15) is 9.59 Å². The number of carbonyl (C=O) groups is 2. The zero-order chi connectivity index (χ0) is 22.0. The molecule has 8 heteroatoms. The minimum absolute atomic E-state index is 0.0407. The summed E-state index contributed by atoms with van der Waals surface area (Å²) < 4.78 is 2.33. The standard InChI is InChI=1S/C23H25N5O2S/c1-15-5-7-17(8-6-15)22-25-26-23(31)28(22)13-11-21(30)24-19-9-10-20-18(14-19)4-3-12-27(20)16(2)29/h5-10,14H,3-4,11-13H2,1-2H3,(H,24,30)(H,26,31). The van der Waals surface area contributed by atoms with Crippen molar-refractivity contribution in [2.75, 3.05) is 16.8 Å². The van der Waals surface area contributed by atoms with Gasteiger partial charge in [0.2, 0.25) is 11.8 Å². The van der Waals surface area contributed by atoms with Crippen LogP contribution in [0.25, 0.3) is 11.4 Å². The highest BCUT2D eigenvalue weighted by atomic mass is 32.1. The molecule has 0 unspecified atom stereocenters. The minimum Gasteiger partial charge on any atom is -0.326 e. The zero-order valence-corrected chi connectivity index (χ0v) is 18.5. The molecule has 0 spiro atoms. The van der Waals surface area contributed by atoms with Crippen LogP contribution in [-0.4, -0.2) is 33.1 Å². The maximum atomic E-state index is 12.6. The van der Waals surface area contributed by atoms with Crippen LogP contribution in [0.3, 0.4) is 0 Å². The Balaban J connectivity index is 1.44. The Labute approximate surface area is 186 Å². The number of aryl methyl sites for hydroxylation is 2. The molecule has 7 nitrogen and oxygen atoms in total. The lowest BCUT2D eigenvalue weighted by Crippen LogP contribution is -2.33. The number of carbonyl (C=O) groups excluding carboxylic acids is 2. The summed E-state index contributed by atoms with van der Waals surface area (Å²) >= 11 is 5.36. The average molecular weight is 436 g/mol. The van der Waals surface area contributed by atoms with Crippen LogP contribution >= 0.6 is 12.2 Å². The Morgan fingerprint density at radius 3 is 2.71 bits per heavy atom. The molecule has 1 aliphatic heterocycles. The van der Waals surface area contributed by atoms with Gasteiger partial charge < -0.3 is 10.2 Å². The van der Waals surface area contributed by atoms with Gasteiger partial charge in [0.1, 0.15) is 0 Å². The van der Waals surface area contributed by atoms with Crippen molar-refractivity contribution < 1.29 is 9.59 Å². The number of rotatable bonds is 5. The first-order valence-corrected chi connectivity index (χ1v) is 10.8. The van der Waals surface area contributed by atoms with Crippen LogP contribution in [0.1, 0.15) is 30.9 Å².